The average Bonchev–Trinajstić information content (AvgIpc) is 3.35. The fraction of sp³-hybridized carbons (Fsp3) is 0.400. The fourth-order valence-corrected chi connectivity index (χ4v) is 5.39. The Morgan fingerprint density at radius 3 is 2.77 bits per heavy atom. The quantitative estimate of drug-likeness (QED) is 0.637. The Bertz CT molecular complexity index is 1130. The van der Waals surface area contributed by atoms with Gasteiger partial charge in [0, 0.05) is 53.9 Å². The second kappa shape index (κ2) is 7.40. The summed E-state index contributed by atoms with van der Waals surface area (Å²) >= 11 is 7.78. The highest BCUT2D eigenvalue weighted by molar-refractivity contribution is 7.99. The van der Waals surface area contributed by atoms with E-state index < -0.39 is 0 Å². The lowest BCUT2D eigenvalue weighted by molar-refractivity contribution is 0.0978. The number of fused-ring (bicyclic) bond motifs is 1. The van der Waals surface area contributed by atoms with Gasteiger partial charge in [-0.25, -0.2) is 15.0 Å². The van der Waals surface area contributed by atoms with Crippen LogP contribution in [0.15, 0.2) is 40.6 Å². The van der Waals surface area contributed by atoms with E-state index in [4.69, 9.17) is 32.5 Å². The molecule has 0 amide bonds. The number of nitrogens with one attached hydrogen (secondary N) is 1. The summed E-state index contributed by atoms with van der Waals surface area (Å²) < 4.78 is 7.76. The highest BCUT2D eigenvalue weighted by Gasteiger charge is 2.46. The molecule has 0 bridgehead atoms. The zero-order chi connectivity index (χ0) is 20.9. The van der Waals surface area contributed by atoms with E-state index >= 15 is 0 Å². The SMILES string of the molecule is C[C@@H]1OCC2(CCN(c3ncc(Sc4ccnc(N)c4Cl)c4nccn34)CC2)C1=N. The molecular formula is C20H22ClN7OS. The minimum Gasteiger partial charge on any atom is -0.382 e. The van der Waals surface area contributed by atoms with Gasteiger partial charge >= 0.3 is 0 Å². The molecule has 3 aromatic rings. The Hall–Kier alpha value is -2.36. The number of hydrogen-bond donors (Lipinski definition) is 2. The molecule has 0 aliphatic carbocycles. The molecule has 3 N–H and O–H groups in total. The lowest BCUT2D eigenvalue weighted by atomic mass is 9.75. The van der Waals surface area contributed by atoms with Gasteiger partial charge in [0.25, 0.3) is 0 Å². The summed E-state index contributed by atoms with van der Waals surface area (Å²) in [6, 6.07) is 1.83. The molecule has 0 unspecified atom stereocenters. The molecule has 2 aliphatic heterocycles. The fourth-order valence-electron chi connectivity index (χ4n) is 4.25. The minimum atomic E-state index is -0.113. The number of aromatic nitrogens is 4. The van der Waals surface area contributed by atoms with Crippen LogP contribution in [0.2, 0.25) is 5.02 Å². The van der Waals surface area contributed by atoms with E-state index in [1.54, 1.807) is 12.4 Å². The summed E-state index contributed by atoms with van der Waals surface area (Å²) in [5, 5.41) is 8.88. The molecule has 8 nitrogen and oxygen atoms in total. The van der Waals surface area contributed by atoms with Crippen molar-refractivity contribution in [2.45, 2.75) is 35.7 Å². The van der Waals surface area contributed by atoms with Gasteiger partial charge in [-0.3, -0.25) is 4.40 Å². The van der Waals surface area contributed by atoms with Crippen molar-refractivity contribution in [3.63, 3.8) is 0 Å². The molecule has 2 aliphatic rings. The van der Waals surface area contributed by atoms with Gasteiger partial charge in [-0.15, -0.1) is 0 Å². The van der Waals surface area contributed by atoms with E-state index in [2.05, 4.69) is 14.9 Å². The zero-order valence-corrected chi connectivity index (χ0v) is 18.1. The number of nitrogens with zero attached hydrogens (tertiary/aromatic N) is 5. The van der Waals surface area contributed by atoms with Crippen molar-refractivity contribution >= 4 is 46.5 Å². The Morgan fingerprint density at radius 2 is 2.03 bits per heavy atom. The smallest absolute Gasteiger partial charge is 0.211 e. The summed E-state index contributed by atoms with van der Waals surface area (Å²) in [7, 11) is 0. The molecule has 156 valence electrons. The van der Waals surface area contributed by atoms with Crippen molar-refractivity contribution in [1.29, 1.82) is 5.41 Å². The zero-order valence-electron chi connectivity index (χ0n) is 16.5. The topological polar surface area (TPSA) is 105 Å². The third kappa shape index (κ3) is 3.12. The molecule has 0 saturated carbocycles. The van der Waals surface area contributed by atoms with Crippen molar-refractivity contribution in [2.24, 2.45) is 5.41 Å². The van der Waals surface area contributed by atoms with Gasteiger partial charge in [0.05, 0.1) is 22.6 Å². The lowest BCUT2D eigenvalue weighted by Crippen LogP contribution is -2.45. The summed E-state index contributed by atoms with van der Waals surface area (Å²) in [6.45, 7) is 4.29. The van der Waals surface area contributed by atoms with E-state index in [0.29, 0.717) is 17.4 Å². The summed E-state index contributed by atoms with van der Waals surface area (Å²) in [6.07, 6.45) is 8.91. The third-order valence-corrected chi connectivity index (χ3v) is 7.64. The Labute approximate surface area is 183 Å². The summed E-state index contributed by atoms with van der Waals surface area (Å²) in [5.41, 5.74) is 7.28. The summed E-state index contributed by atoms with van der Waals surface area (Å²) in [5.74, 6) is 1.17. The van der Waals surface area contributed by atoms with Crippen LogP contribution in [-0.4, -0.2) is 50.9 Å². The highest BCUT2D eigenvalue weighted by Crippen LogP contribution is 2.41. The second-order valence-corrected chi connectivity index (χ2v) is 9.25. The molecule has 5 rings (SSSR count). The van der Waals surface area contributed by atoms with Crippen LogP contribution in [0.3, 0.4) is 0 Å². The van der Waals surface area contributed by atoms with Gasteiger partial charge in [0.2, 0.25) is 5.95 Å². The first-order chi connectivity index (χ1) is 14.5. The molecule has 0 aromatic carbocycles. The van der Waals surface area contributed by atoms with Crippen molar-refractivity contribution in [1.82, 2.24) is 19.4 Å². The van der Waals surface area contributed by atoms with Crippen LogP contribution in [0.25, 0.3) is 5.65 Å². The Balaban J connectivity index is 1.41. The van der Waals surface area contributed by atoms with Crippen LogP contribution in [0.4, 0.5) is 11.8 Å². The molecule has 3 aromatic heterocycles. The number of halogens is 1. The molecule has 1 spiro atoms. The average molecular weight is 444 g/mol. The van der Waals surface area contributed by atoms with Crippen molar-refractivity contribution in [2.75, 3.05) is 30.3 Å². The standard InChI is InChI=1S/C20H22ClN7OS/c1-12-16(22)20(11-29-12)3-7-27(8-4-20)19-26-10-14(18-25-6-9-28(18)19)30-13-2-5-24-17(23)15(13)21/h2,5-6,9-10,12,22H,3-4,7-8,11H2,1H3,(H2,23,24)/t12-/m0/s1. The Kier molecular flexibility index (Phi) is 4.83. The van der Waals surface area contributed by atoms with Crippen LogP contribution >= 0.6 is 23.4 Å². The predicted molar refractivity (Wildman–Crippen MR) is 118 cm³/mol. The second-order valence-electron chi connectivity index (χ2n) is 7.79. The van der Waals surface area contributed by atoms with Crippen LogP contribution < -0.4 is 10.6 Å². The molecule has 2 saturated heterocycles. The number of hydrogen-bond acceptors (Lipinski definition) is 8. The van der Waals surface area contributed by atoms with Gasteiger partial charge in [0.15, 0.2) is 5.65 Å². The van der Waals surface area contributed by atoms with Crippen molar-refractivity contribution in [3.05, 3.63) is 35.9 Å². The van der Waals surface area contributed by atoms with Crippen LogP contribution in [-0.2, 0) is 4.74 Å². The van der Waals surface area contributed by atoms with Crippen molar-refractivity contribution in [3.8, 4) is 0 Å². The highest BCUT2D eigenvalue weighted by atomic mass is 35.5. The van der Waals surface area contributed by atoms with Gasteiger partial charge in [0.1, 0.15) is 5.82 Å². The number of ether oxygens (including phenoxy) is 1. The Morgan fingerprint density at radius 1 is 1.23 bits per heavy atom. The van der Waals surface area contributed by atoms with Crippen LogP contribution in [0, 0.1) is 10.8 Å². The molecule has 5 heterocycles. The third-order valence-electron chi connectivity index (χ3n) is 6.07. The number of rotatable bonds is 3. The number of piperidine rings is 1. The van der Waals surface area contributed by atoms with Gasteiger partial charge < -0.3 is 20.8 Å². The van der Waals surface area contributed by atoms with E-state index in [1.165, 1.54) is 11.8 Å². The number of nitrogen functional groups attached to an aromatic ring is 1. The normalized spacial score (nSPS) is 21.1. The molecule has 10 heteroatoms. The predicted octanol–water partition coefficient (Wildman–Crippen LogP) is 3.54. The number of nitrogens with two attached hydrogens (primary N) is 1. The molecule has 0 radical (unpaired) electrons. The summed E-state index contributed by atoms with van der Waals surface area (Å²) in [4.78, 5) is 17.3. The minimum absolute atomic E-state index is 0.0691. The van der Waals surface area contributed by atoms with Crippen molar-refractivity contribution < 1.29 is 4.74 Å². The van der Waals surface area contributed by atoms with E-state index in [-0.39, 0.29) is 11.5 Å². The molecule has 2 fully saturated rings. The van der Waals surface area contributed by atoms with Gasteiger partial charge in [-0.05, 0) is 25.8 Å². The first kappa shape index (κ1) is 19.6. The van der Waals surface area contributed by atoms with E-state index in [0.717, 1.165) is 53.0 Å². The maximum Gasteiger partial charge on any atom is 0.211 e. The van der Waals surface area contributed by atoms with E-state index in [1.807, 2.05) is 29.8 Å². The van der Waals surface area contributed by atoms with Crippen LogP contribution in [0.1, 0.15) is 19.8 Å². The maximum atomic E-state index is 8.44. The molecular weight excluding hydrogens is 422 g/mol. The maximum absolute atomic E-state index is 8.44. The lowest BCUT2D eigenvalue weighted by Gasteiger charge is -2.39. The number of imidazole rings is 1. The number of anilines is 2. The van der Waals surface area contributed by atoms with Crippen LogP contribution in [0.5, 0.6) is 0 Å². The van der Waals surface area contributed by atoms with E-state index in [9.17, 15) is 0 Å². The molecule has 1 atom stereocenters. The van der Waals surface area contributed by atoms with Gasteiger partial charge in [-0.2, -0.15) is 0 Å². The van der Waals surface area contributed by atoms with Gasteiger partial charge in [-0.1, -0.05) is 23.4 Å². The largest absolute Gasteiger partial charge is 0.382 e. The monoisotopic (exact) mass is 443 g/mol. The number of pyridine rings is 1. The first-order valence-electron chi connectivity index (χ1n) is 9.84. The first-order valence-corrected chi connectivity index (χ1v) is 11.0. The molecule has 30 heavy (non-hydrogen) atoms.